The van der Waals surface area contributed by atoms with Crippen LogP contribution < -0.4 is 10.6 Å². The topological polar surface area (TPSA) is 151 Å². The van der Waals surface area contributed by atoms with Gasteiger partial charge in [-0.2, -0.15) is 0 Å². The van der Waals surface area contributed by atoms with Crippen LogP contribution in [0.5, 0.6) is 0 Å². The van der Waals surface area contributed by atoms with Crippen LogP contribution in [0.3, 0.4) is 0 Å². The molecule has 3 heterocycles. The van der Waals surface area contributed by atoms with Gasteiger partial charge in [0.15, 0.2) is 17.0 Å². The second-order valence-electron chi connectivity index (χ2n) is 7.45. The van der Waals surface area contributed by atoms with E-state index in [1.165, 1.54) is 13.2 Å². The van der Waals surface area contributed by atoms with Crippen LogP contribution in [0.2, 0.25) is 0 Å². The second kappa shape index (κ2) is 6.51. The van der Waals surface area contributed by atoms with Gasteiger partial charge in [-0.05, 0) is 18.3 Å². The van der Waals surface area contributed by atoms with Crippen molar-refractivity contribution in [1.82, 2.24) is 30.0 Å². The second-order valence-corrected chi connectivity index (χ2v) is 7.45. The number of nitrogens with one attached hydrogen (secondary N) is 2. The van der Waals surface area contributed by atoms with Crippen LogP contribution in [0.1, 0.15) is 24.0 Å². The summed E-state index contributed by atoms with van der Waals surface area (Å²) in [5, 5.41) is 30.5. The maximum Gasteiger partial charge on any atom is 0.229 e. The van der Waals surface area contributed by atoms with E-state index in [-0.39, 0.29) is 17.6 Å². The molecule has 4 N–H and O–H groups in total. The van der Waals surface area contributed by atoms with Crippen molar-refractivity contribution in [3.63, 3.8) is 0 Å². The highest BCUT2D eigenvalue weighted by Gasteiger charge is 2.75. The highest BCUT2D eigenvalue weighted by atomic mass is 16.5. The van der Waals surface area contributed by atoms with E-state index >= 15 is 0 Å². The SMILES string of the molecule is CNC(=O)[C@]12CC1[C@@H](n1cnc3c(NC)nc(C#Cc4ccno4)nc31)C(O)[C@@H]2O. The average molecular weight is 409 g/mol. The molecule has 5 rings (SSSR count). The Bertz CT molecular complexity index is 1190. The number of fused-ring (bicyclic) bond motifs is 2. The molecule has 0 saturated heterocycles. The summed E-state index contributed by atoms with van der Waals surface area (Å²) in [6, 6.07) is 1.08. The maximum atomic E-state index is 12.4. The average Bonchev–Trinajstić information content (AvgIpc) is 3.06. The summed E-state index contributed by atoms with van der Waals surface area (Å²) in [7, 11) is 3.23. The van der Waals surface area contributed by atoms with Crippen LogP contribution in [0.15, 0.2) is 23.1 Å². The molecule has 3 aromatic heterocycles. The molecule has 0 radical (unpaired) electrons. The van der Waals surface area contributed by atoms with Gasteiger partial charge in [0.05, 0.1) is 30.1 Å². The van der Waals surface area contributed by atoms with Gasteiger partial charge in [0.2, 0.25) is 17.5 Å². The molecule has 2 aliphatic rings. The summed E-state index contributed by atoms with van der Waals surface area (Å²) in [6.07, 6.45) is 1.23. The largest absolute Gasteiger partial charge is 0.389 e. The number of rotatable bonds is 3. The quantitative estimate of drug-likeness (QED) is 0.411. The summed E-state index contributed by atoms with van der Waals surface area (Å²) in [6.45, 7) is 0. The number of hydrogen-bond donors (Lipinski definition) is 4. The molecule has 0 aromatic carbocycles. The summed E-state index contributed by atoms with van der Waals surface area (Å²) in [5.74, 6) is 6.21. The number of amides is 1. The molecule has 11 heteroatoms. The predicted octanol–water partition coefficient (Wildman–Crippen LogP) is -0.715. The Labute approximate surface area is 170 Å². The van der Waals surface area contributed by atoms with Gasteiger partial charge < -0.3 is 29.9 Å². The van der Waals surface area contributed by atoms with Crippen LogP contribution in [-0.2, 0) is 4.79 Å². The first-order valence-electron chi connectivity index (χ1n) is 9.44. The number of carbonyl (C=O) groups excluding carboxylic acids is 1. The highest BCUT2D eigenvalue weighted by Crippen LogP contribution is 2.67. The molecule has 11 nitrogen and oxygen atoms in total. The van der Waals surface area contributed by atoms with Crippen molar-refractivity contribution in [2.75, 3.05) is 19.4 Å². The fourth-order valence-electron chi connectivity index (χ4n) is 4.55. The third-order valence-electron chi connectivity index (χ3n) is 6.04. The molecule has 2 saturated carbocycles. The van der Waals surface area contributed by atoms with E-state index in [4.69, 9.17) is 4.52 Å². The van der Waals surface area contributed by atoms with Crippen molar-refractivity contribution in [3.8, 4) is 11.8 Å². The van der Waals surface area contributed by atoms with Gasteiger partial charge in [0.1, 0.15) is 6.10 Å². The molecule has 2 unspecified atom stereocenters. The zero-order chi connectivity index (χ0) is 21.0. The Hall–Kier alpha value is -3.49. The van der Waals surface area contributed by atoms with Crippen molar-refractivity contribution in [3.05, 3.63) is 30.2 Å². The Morgan fingerprint density at radius 3 is 2.87 bits per heavy atom. The monoisotopic (exact) mass is 409 g/mol. The van der Waals surface area contributed by atoms with E-state index in [1.54, 1.807) is 24.0 Å². The van der Waals surface area contributed by atoms with E-state index in [9.17, 15) is 15.0 Å². The normalized spacial score (nSPS) is 29.2. The summed E-state index contributed by atoms with van der Waals surface area (Å²) < 4.78 is 6.67. The van der Waals surface area contributed by atoms with Gasteiger partial charge in [-0.1, -0.05) is 5.16 Å². The van der Waals surface area contributed by atoms with Crippen LogP contribution in [0.25, 0.3) is 11.2 Å². The summed E-state index contributed by atoms with van der Waals surface area (Å²) in [4.78, 5) is 25.7. The Morgan fingerprint density at radius 1 is 1.33 bits per heavy atom. The first-order valence-corrected chi connectivity index (χ1v) is 9.44. The fraction of sp³-hybridized carbons (Fsp3) is 0.421. The minimum absolute atomic E-state index is 0.225. The van der Waals surface area contributed by atoms with Crippen molar-refractivity contribution in [2.45, 2.75) is 24.7 Å². The number of hydrogen-bond acceptors (Lipinski definition) is 9. The molecule has 0 aliphatic heterocycles. The van der Waals surface area contributed by atoms with Gasteiger partial charge in [0.25, 0.3) is 0 Å². The molecule has 5 atom stereocenters. The lowest BCUT2D eigenvalue weighted by Crippen LogP contribution is -2.41. The fourth-order valence-corrected chi connectivity index (χ4v) is 4.55. The van der Waals surface area contributed by atoms with E-state index in [1.807, 2.05) is 0 Å². The minimum atomic E-state index is -1.17. The van der Waals surface area contributed by atoms with Crippen LogP contribution >= 0.6 is 0 Å². The Balaban J connectivity index is 1.59. The lowest BCUT2D eigenvalue weighted by Gasteiger charge is -2.23. The molecular formula is C19H19N7O4. The molecule has 0 bridgehead atoms. The number of carbonyl (C=O) groups is 1. The van der Waals surface area contributed by atoms with Crippen LogP contribution in [0.4, 0.5) is 5.82 Å². The third kappa shape index (κ3) is 2.44. The number of aromatic nitrogens is 5. The standard InChI is InChI=1S/C19H19N7O4/c1-20-16-12-17(25-11(24-16)4-3-9-5-6-23-30-9)26(8-22-12)13-10-7-19(10,18(29)21-2)15(28)14(13)27/h5-6,8,10,13-15,27-28H,7H2,1-2H3,(H,21,29)(H,20,24,25)/t10?,13-,14?,15+,19-/m1/s1. The van der Waals surface area contributed by atoms with E-state index < -0.39 is 23.7 Å². The van der Waals surface area contributed by atoms with E-state index in [0.29, 0.717) is 29.2 Å². The van der Waals surface area contributed by atoms with Gasteiger partial charge >= 0.3 is 0 Å². The van der Waals surface area contributed by atoms with Crippen molar-refractivity contribution < 1.29 is 19.5 Å². The molecule has 2 fully saturated rings. The van der Waals surface area contributed by atoms with Gasteiger partial charge in [-0.15, -0.1) is 0 Å². The molecule has 154 valence electrons. The zero-order valence-electron chi connectivity index (χ0n) is 16.2. The molecule has 2 aliphatic carbocycles. The van der Waals surface area contributed by atoms with Crippen molar-refractivity contribution in [2.24, 2.45) is 11.3 Å². The van der Waals surface area contributed by atoms with E-state index in [2.05, 4.69) is 42.6 Å². The summed E-state index contributed by atoms with van der Waals surface area (Å²) in [5.41, 5.74) is -0.0296. The Kier molecular flexibility index (Phi) is 4.02. The van der Waals surface area contributed by atoms with Crippen LogP contribution in [-0.4, -0.2) is 67.1 Å². The number of nitrogens with zero attached hydrogens (tertiary/aromatic N) is 5. The first kappa shape index (κ1) is 18.5. The molecular weight excluding hydrogens is 390 g/mol. The number of aliphatic hydroxyl groups excluding tert-OH is 2. The maximum absolute atomic E-state index is 12.4. The van der Waals surface area contributed by atoms with Gasteiger partial charge in [-0.3, -0.25) is 4.79 Å². The lowest BCUT2D eigenvalue weighted by atomic mass is 9.98. The number of imidazole rings is 1. The highest BCUT2D eigenvalue weighted by molar-refractivity contribution is 5.88. The molecule has 0 spiro atoms. The third-order valence-corrected chi connectivity index (χ3v) is 6.04. The predicted molar refractivity (Wildman–Crippen MR) is 103 cm³/mol. The summed E-state index contributed by atoms with van der Waals surface area (Å²) >= 11 is 0. The van der Waals surface area contributed by atoms with Gasteiger partial charge in [0, 0.05) is 26.1 Å². The lowest BCUT2D eigenvalue weighted by molar-refractivity contribution is -0.132. The van der Waals surface area contributed by atoms with Crippen molar-refractivity contribution in [1.29, 1.82) is 0 Å². The zero-order valence-corrected chi connectivity index (χ0v) is 16.2. The van der Waals surface area contributed by atoms with Gasteiger partial charge in [-0.25, -0.2) is 15.0 Å². The Morgan fingerprint density at radius 2 is 2.17 bits per heavy atom. The first-order chi connectivity index (χ1) is 14.5. The van der Waals surface area contributed by atoms with Crippen LogP contribution in [0, 0.1) is 23.2 Å². The molecule has 1 amide bonds. The van der Waals surface area contributed by atoms with E-state index in [0.717, 1.165) is 0 Å². The smallest absolute Gasteiger partial charge is 0.229 e. The number of anilines is 1. The molecule has 3 aromatic rings. The number of aliphatic hydroxyl groups is 2. The molecule has 30 heavy (non-hydrogen) atoms. The van der Waals surface area contributed by atoms with Crippen molar-refractivity contribution >= 4 is 22.9 Å². The minimum Gasteiger partial charge on any atom is -0.389 e.